The number of esters is 1. The number of furan rings is 1. The van der Waals surface area contributed by atoms with E-state index in [-0.39, 0.29) is 12.5 Å². The number of imidazole rings is 1. The van der Waals surface area contributed by atoms with E-state index in [1.165, 1.54) is 18.9 Å². The minimum Gasteiger partial charge on any atom is -0.465 e. The third kappa shape index (κ3) is 3.96. The molecule has 28 heavy (non-hydrogen) atoms. The smallest absolute Gasteiger partial charge is 0.341 e. The molecular formula is C20H21N3O4S. The van der Waals surface area contributed by atoms with Crippen molar-refractivity contribution in [2.24, 2.45) is 0 Å². The van der Waals surface area contributed by atoms with Gasteiger partial charge in [-0.3, -0.25) is 9.36 Å². The maximum Gasteiger partial charge on any atom is 0.341 e. The van der Waals surface area contributed by atoms with Gasteiger partial charge in [0.1, 0.15) is 17.1 Å². The first-order chi connectivity index (χ1) is 13.4. The lowest BCUT2D eigenvalue weighted by Crippen LogP contribution is -2.26. The van der Waals surface area contributed by atoms with E-state index in [2.05, 4.69) is 4.98 Å². The molecule has 0 fully saturated rings. The fourth-order valence-electron chi connectivity index (χ4n) is 2.89. The van der Waals surface area contributed by atoms with E-state index in [9.17, 15) is 9.59 Å². The summed E-state index contributed by atoms with van der Waals surface area (Å²) in [4.78, 5) is 30.4. The first kappa shape index (κ1) is 19.8. The van der Waals surface area contributed by atoms with Crippen LogP contribution in [0, 0.1) is 6.92 Å². The van der Waals surface area contributed by atoms with Crippen LogP contribution in [0.1, 0.15) is 32.2 Å². The van der Waals surface area contributed by atoms with Crippen molar-refractivity contribution in [1.29, 1.82) is 0 Å². The maximum atomic E-state index is 12.9. The molecule has 2 heterocycles. The highest BCUT2D eigenvalue weighted by Gasteiger charge is 2.19. The minimum atomic E-state index is -0.459. The zero-order valence-electron chi connectivity index (χ0n) is 16.1. The van der Waals surface area contributed by atoms with E-state index < -0.39 is 5.97 Å². The molecule has 0 aliphatic carbocycles. The van der Waals surface area contributed by atoms with Gasteiger partial charge in [0.2, 0.25) is 0 Å². The number of amides is 1. The Morgan fingerprint density at radius 3 is 2.82 bits per heavy atom. The van der Waals surface area contributed by atoms with Crippen LogP contribution >= 0.6 is 11.8 Å². The predicted molar refractivity (Wildman–Crippen MR) is 106 cm³/mol. The first-order valence-electron chi connectivity index (χ1n) is 8.55. The van der Waals surface area contributed by atoms with Gasteiger partial charge in [-0.1, -0.05) is 17.8 Å². The van der Waals surface area contributed by atoms with Crippen molar-refractivity contribution in [2.75, 3.05) is 20.4 Å². The van der Waals surface area contributed by atoms with E-state index in [1.54, 1.807) is 37.2 Å². The normalized spacial score (nSPS) is 10.7. The van der Waals surface area contributed by atoms with E-state index in [4.69, 9.17) is 9.15 Å². The zero-order chi connectivity index (χ0) is 20.3. The highest BCUT2D eigenvalue weighted by atomic mass is 32.2. The highest BCUT2D eigenvalue weighted by molar-refractivity contribution is 7.98. The van der Waals surface area contributed by atoms with Crippen LogP contribution in [-0.2, 0) is 11.3 Å². The summed E-state index contributed by atoms with van der Waals surface area (Å²) in [5.74, 6) is 0.374. The van der Waals surface area contributed by atoms with Crippen LogP contribution in [0.25, 0.3) is 5.69 Å². The molecule has 0 aliphatic heterocycles. The SMILES string of the molecule is COC(=O)c1cc(CN(C)C(=O)c2cccc(-n3ccnc3SC)c2)oc1C. The highest BCUT2D eigenvalue weighted by Crippen LogP contribution is 2.21. The first-order valence-corrected chi connectivity index (χ1v) is 9.78. The van der Waals surface area contributed by atoms with Gasteiger partial charge in [-0.05, 0) is 37.4 Å². The summed E-state index contributed by atoms with van der Waals surface area (Å²) in [6, 6.07) is 8.97. The molecule has 0 spiro atoms. The predicted octanol–water partition coefficient (Wildman–Crippen LogP) is 3.55. The fraction of sp³-hybridized carbons (Fsp3) is 0.250. The number of nitrogens with zero attached hydrogens (tertiary/aromatic N) is 3. The molecular weight excluding hydrogens is 378 g/mol. The second-order valence-electron chi connectivity index (χ2n) is 6.17. The number of aryl methyl sites for hydroxylation is 1. The number of hydrogen-bond acceptors (Lipinski definition) is 6. The van der Waals surface area contributed by atoms with Crippen LogP contribution in [0.4, 0.5) is 0 Å². The second-order valence-corrected chi connectivity index (χ2v) is 6.94. The molecule has 0 aliphatic rings. The largest absolute Gasteiger partial charge is 0.465 e. The molecule has 0 unspecified atom stereocenters. The maximum absolute atomic E-state index is 12.9. The Morgan fingerprint density at radius 2 is 2.11 bits per heavy atom. The number of hydrogen-bond donors (Lipinski definition) is 0. The summed E-state index contributed by atoms with van der Waals surface area (Å²) >= 11 is 1.53. The lowest BCUT2D eigenvalue weighted by molar-refractivity contribution is 0.0598. The van der Waals surface area contributed by atoms with E-state index in [1.807, 2.05) is 35.2 Å². The molecule has 7 nitrogen and oxygen atoms in total. The summed E-state index contributed by atoms with van der Waals surface area (Å²) in [6.07, 6.45) is 5.54. The quantitative estimate of drug-likeness (QED) is 0.466. The number of rotatable bonds is 6. The molecule has 0 saturated heterocycles. The van der Waals surface area contributed by atoms with Gasteiger partial charge in [-0.15, -0.1) is 0 Å². The Morgan fingerprint density at radius 1 is 1.32 bits per heavy atom. The van der Waals surface area contributed by atoms with Gasteiger partial charge in [0.15, 0.2) is 5.16 Å². The summed E-state index contributed by atoms with van der Waals surface area (Å²) in [5, 5.41) is 0.847. The summed E-state index contributed by atoms with van der Waals surface area (Å²) < 4.78 is 12.3. The molecule has 8 heteroatoms. The number of benzene rings is 1. The molecule has 146 valence electrons. The molecule has 1 amide bonds. The Kier molecular flexibility index (Phi) is 5.89. The van der Waals surface area contributed by atoms with Crippen molar-refractivity contribution in [3.8, 4) is 5.69 Å². The Bertz CT molecular complexity index is 1010. The van der Waals surface area contributed by atoms with Gasteiger partial charge < -0.3 is 14.1 Å². The van der Waals surface area contributed by atoms with Gasteiger partial charge in [0, 0.05) is 30.7 Å². The monoisotopic (exact) mass is 399 g/mol. The van der Waals surface area contributed by atoms with Crippen molar-refractivity contribution in [2.45, 2.75) is 18.6 Å². The van der Waals surface area contributed by atoms with Crippen molar-refractivity contribution >= 4 is 23.6 Å². The van der Waals surface area contributed by atoms with Crippen molar-refractivity contribution in [1.82, 2.24) is 14.5 Å². The van der Waals surface area contributed by atoms with Crippen LogP contribution in [0.2, 0.25) is 0 Å². The molecule has 0 N–H and O–H groups in total. The zero-order valence-corrected chi connectivity index (χ0v) is 16.9. The van der Waals surface area contributed by atoms with Gasteiger partial charge in [-0.2, -0.15) is 0 Å². The van der Waals surface area contributed by atoms with Gasteiger partial charge >= 0.3 is 5.97 Å². The Balaban J connectivity index is 1.79. The number of thioether (sulfide) groups is 1. The van der Waals surface area contributed by atoms with Crippen LogP contribution in [0.5, 0.6) is 0 Å². The van der Waals surface area contributed by atoms with Crippen molar-refractivity contribution < 1.29 is 18.7 Å². The summed E-state index contributed by atoms with van der Waals surface area (Å²) in [7, 11) is 3.01. The number of aromatic nitrogens is 2. The van der Waals surface area contributed by atoms with E-state index >= 15 is 0 Å². The summed E-state index contributed by atoms with van der Waals surface area (Å²) in [5.41, 5.74) is 1.78. The van der Waals surface area contributed by atoms with E-state index in [0.29, 0.717) is 22.6 Å². The van der Waals surface area contributed by atoms with Crippen LogP contribution < -0.4 is 0 Å². The molecule has 0 bridgehead atoms. The number of ether oxygens (including phenoxy) is 1. The molecule has 3 aromatic rings. The van der Waals surface area contributed by atoms with Crippen molar-refractivity contribution in [3.05, 3.63) is 65.4 Å². The molecule has 0 atom stereocenters. The molecule has 3 rings (SSSR count). The average molecular weight is 399 g/mol. The van der Waals surface area contributed by atoms with Crippen LogP contribution in [0.15, 0.2) is 52.3 Å². The Hall–Kier alpha value is -3.00. The molecule has 0 radical (unpaired) electrons. The third-order valence-corrected chi connectivity index (χ3v) is 4.94. The van der Waals surface area contributed by atoms with Crippen LogP contribution in [-0.4, -0.2) is 46.7 Å². The minimum absolute atomic E-state index is 0.152. The fourth-order valence-corrected chi connectivity index (χ4v) is 3.42. The number of methoxy groups -OCH3 is 1. The summed E-state index contributed by atoms with van der Waals surface area (Å²) in [6.45, 7) is 1.93. The van der Waals surface area contributed by atoms with E-state index in [0.717, 1.165) is 10.8 Å². The lowest BCUT2D eigenvalue weighted by Gasteiger charge is -2.16. The number of carbonyl (C=O) groups is 2. The Labute approximate surface area is 167 Å². The third-order valence-electron chi connectivity index (χ3n) is 4.27. The van der Waals surface area contributed by atoms with Crippen molar-refractivity contribution in [3.63, 3.8) is 0 Å². The van der Waals surface area contributed by atoms with Crippen LogP contribution in [0.3, 0.4) is 0 Å². The van der Waals surface area contributed by atoms with Gasteiger partial charge in [-0.25, -0.2) is 9.78 Å². The second kappa shape index (κ2) is 8.35. The average Bonchev–Trinajstić information content (AvgIpc) is 3.33. The molecule has 0 saturated carbocycles. The van der Waals surface area contributed by atoms with Gasteiger partial charge in [0.05, 0.1) is 13.7 Å². The lowest BCUT2D eigenvalue weighted by atomic mass is 10.1. The molecule has 2 aromatic heterocycles. The van der Waals surface area contributed by atoms with Gasteiger partial charge in [0.25, 0.3) is 5.91 Å². The standard InChI is InChI=1S/C20H21N3O4S/c1-13-17(19(25)26-3)11-16(27-13)12-22(2)18(24)14-6-5-7-15(10-14)23-9-8-21-20(23)28-4/h5-11H,12H2,1-4H3. The topological polar surface area (TPSA) is 77.6 Å². The number of carbonyl (C=O) groups excluding carboxylic acids is 2. The molecule has 1 aromatic carbocycles.